The Morgan fingerprint density at radius 2 is 1.42 bits per heavy atom. The monoisotopic (exact) mass is 478 g/mol. The van der Waals surface area contributed by atoms with Gasteiger partial charge in [-0.15, -0.1) is 0 Å². The highest BCUT2D eigenvalue weighted by atomic mass is 32.2. The van der Waals surface area contributed by atoms with Gasteiger partial charge < -0.3 is 9.47 Å². The van der Waals surface area contributed by atoms with Crippen molar-refractivity contribution >= 4 is 28.8 Å². The Morgan fingerprint density at radius 3 is 1.97 bits per heavy atom. The number of aryl methyl sites for hydroxylation is 1. The number of hydrogen-bond acceptors (Lipinski definition) is 7. The first-order chi connectivity index (χ1) is 16.1. The highest BCUT2D eigenvalue weighted by Crippen LogP contribution is 2.27. The molecule has 2 aromatic rings. The summed E-state index contributed by atoms with van der Waals surface area (Å²) >= 11 is 1.38. The number of rotatable bonds is 18. The zero-order valence-corrected chi connectivity index (χ0v) is 21.8. The second-order valence-corrected chi connectivity index (χ2v) is 9.27. The third-order valence-electron chi connectivity index (χ3n) is 5.75. The summed E-state index contributed by atoms with van der Waals surface area (Å²) in [7, 11) is 1.80. The molecule has 7 nitrogen and oxygen atoms in total. The molecular formula is C25H42N4O3S. The van der Waals surface area contributed by atoms with Crippen LogP contribution in [0.2, 0.25) is 0 Å². The van der Waals surface area contributed by atoms with Crippen LogP contribution in [-0.4, -0.2) is 45.2 Å². The van der Waals surface area contributed by atoms with Gasteiger partial charge in [-0.05, 0) is 19.6 Å². The van der Waals surface area contributed by atoms with Crippen molar-refractivity contribution in [1.29, 1.82) is 0 Å². The second kappa shape index (κ2) is 15.9. The van der Waals surface area contributed by atoms with Crippen molar-refractivity contribution in [3.05, 3.63) is 5.69 Å². The molecule has 186 valence electrons. The zero-order chi connectivity index (χ0) is 23.9. The van der Waals surface area contributed by atoms with Crippen LogP contribution in [0.4, 0.5) is 0 Å². The van der Waals surface area contributed by atoms with Crippen molar-refractivity contribution in [3.63, 3.8) is 0 Å². The number of fused-ring (bicyclic) bond motifs is 1. The van der Waals surface area contributed by atoms with E-state index >= 15 is 0 Å². The van der Waals surface area contributed by atoms with Gasteiger partial charge in [0, 0.05) is 7.05 Å². The first-order valence-corrected chi connectivity index (χ1v) is 13.9. The molecule has 0 radical (unpaired) electrons. The minimum Gasteiger partial charge on any atom is -0.476 e. The Balaban J connectivity index is 1.71. The van der Waals surface area contributed by atoms with Gasteiger partial charge in [-0.25, -0.2) is 19.4 Å². The lowest BCUT2D eigenvalue weighted by Crippen LogP contribution is -2.09. The average molecular weight is 479 g/mol. The average Bonchev–Trinajstić information content (AvgIpc) is 3.13. The topological polar surface area (TPSA) is 79.1 Å². The van der Waals surface area contributed by atoms with Crippen LogP contribution in [0.5, 0.6) is 5.88 Å². The predicted octanol–water partition coefficient (Wildman–Crippen LogP) is 6.73. The van der Waals surface area contributed by atoms with Gasteiger partial charge in [0.25, 0.3) is 0 Å². The fourth-order valence-corrected chi connectivity index (χ4v) is 4.28. The fraction of sp³-hybridized carbons (Fsp3) is 0.760. The Labute approximate surface area is 203 Å². The molecule has 2 heterocycles. The molecule has 0 saturated carbocycles. The second-order valence-electron chi connectivity index (χ2n) is 8.50. The van der Waals surface area contributed by atoms with E-state index in [2.05, 4.69) is 22.0 Å². The van der Waals surface area contributed by atoms with Crippen molar-refractivity contribution in [2.45, 2.75) is 102 Å². The molecule has 33 heavy (non-hydrogen) atoms. The molecule has 8 heteroatoms. The van der Waals surface area contributed by atoms with Gasteiger partial charge in [-0.3, -0.25) is 0 Å². The maximum atomic E-state index is 12.3. The molecule has 0 spiro atoms. The molecule has 0 aliphatic heterocycles. The van der Waals surface area contributed by atoms with Gasteiger partial charge in [0.15, 0.2) is 16.4 Å². The first-order valence-electron chi connectivity index (χ1n) is 12.7. The number of nitrogens with zero attached hydrogens (tertiary/aromatic N) is 4. The first kappa shape index (κ1) is 27.4. The number of esters is 1. The highest BCUT2D eigenvalue weighted by molar-refractivity contribution is 7.98. The number of hydrogen-bond donors (Lipinski definition) is 0. The van der Waals surface area contributed by atoms with E-state index < -0.39 is 5.97 Å². The van der Waals surface area contributed by atoms with Crippen molar-refractivity contribution in [2.24, 2.45) is 7.05 Å². The zero-order valence-electron chi connectivity index (χ0n) is 21.0. The number of unbranched alkanes of at least 4 members (excludes halogenated alkanes) is 12. The standard InChI is InChI=1S/C25H42N4O3S/c1-5-7-8-9-10-11-12-13-14-15-16-17-18-19-32-23-21-20(28-29(23)3)22(24(30)31-6-2)27-25(26-21)33-4/h5-19H2,1-4H3. The summed E-state index contributed by atoms with van der Waals surface area (Å²) < 4.78 is 12.8. The molecule has 0 fully saturated rings. The van der Waals surface area contributed by atoms with E-state index in [9.17, 15) is 4.79 Å². The van der Waals surface area contributed by atoms with Gasteiger partial charge in [0.2, 0.25) is 5.88 Å². The summed E-state index contributed by atoms with van der Waals surface area (Å²) in [5.74, 6) is 0.0912. The van der Waals surface area contributed by atoms with Crippen molar-refractivity contribution < 1.29 is 14.3 Å². The molecule has 2 aromatic heterocycles. The quantitative estimate of drug-likeness (QED) is 0.102. The number of aromatic nitrogens is 4. The summed E-state index contributed by atoms with van der Waals surface area (Å²) in [6.45, 7) is 4.94. The normalized spacial score (nSPS) is 11.3. The van der Waals surface area contributed by atoms with Gasteiger partial charge in [-0.2, -0.15) is 5.10 Å². The fourth-order valence-electron chi connectivity index (χ4n) is 3.91. The Morgan fingerprint density at radius 1 is 0.848 bits per heavy atom. The lowest BCUT2D eigenvalue weighted by atomic mass is 10.0. The van der Waals surface area contributed by atoms with E-state index in [-0.39, 0.29) is 12.3 Å². The third-order valence-corrected chi connectivity index (χ3v) is 6.30. The summed E-state index contributed by atoms with van der Waals surface area (Å²) in [6.07, 6.45) is 19.0. The lowest BCUT2D eigenvalue weighted by molar-refractivity contribution is 0.0520. The van der Waals surface area contributed by atoms with Crippen LogP contribution in [0.3, 0.4) is 0 Å². The molecule has 0 unspecified atom stereocenters. The minimum atomic E-state index is -0.485. The number of carbonyl (C=O) groups excluding carboxylic acids is 1. The SMILES string of the molecule is CCCCCCCCCCCCCCCOc1c2nc(SC)nc(C(=O)OCC)c2nn1C. The van der Waals surface area contributed by atoms with E-state index in [1.165, 1.54) is 82.4 Å². The molecular weight excluding hydrogens is 436 g/mol. The molecule has 0 aliphatic rings. The van der Waals surface area contributed by atoms with Crippen LogP contribution >= 0.6 is 11.8 Å². The molecule has 0 aromatic carbocycles. The van der Waals surface area contributed by atoms with Crippen LogP contribution in [0.1, 0.15) is 108 Å². The van der Waals surface area contributed by atoms with Crippen LogP contribution in [0.25, 0.3) is 11.0 Å². The van der Waals surface area contributed by atoms with Crippen molar-refractivity contribution in [2.75, 3.05) is 19.5 Å². The van der Waals surface area contributed by atoms with E-state index in [0.29, 0.717) is 28.7 Å². The van der Waals surface area contributed by atoms with Crippen LogP contribution in [0, 0.1) is 0 Å². The smallest absolute Gasteiger partial charge is 0.359 e. The number of carbonyl (C=O) groups is 1. The summed E-state index contributed by atoms with van der Waals surface area (Å²) in [6, 6.07) is 0. The van der Waals surface area contributed by atoms with Crippen molar-refractivity contribution in [3.8, 4) is 5.88 Å². The molecule has 0 N–H and O–H groups in total. The van der Waals surface area contributed by atoms with Crippen LogP contribution in [0.15, 0.2) is 5.16 Å². The maximum absolute atomic E-state index is 12.3. The van der Waals surface area contributed by atoms with E-state index in [0.717, 1.165) is 12.8 Å². The molecule has 0 saturated heterocycles. The number of ether oxygens (including phenoxy) is 2. The van der Waals surface area contributed by atoms with Gasteiger partial charge in [0.1, 0.15) is 5.52 Å². The summed E-state index contributed by atoms with van der Waals surface area (Å²) in [5, 5.41) is 4.94. The van der Waals surface area contributed by atoms with Crippen LogP contribution < -0.4 is 4.74 Å². The largest absolute Gasteiger partial charge is 0.476 e. The molecule has 0 amide bonds. The highest BCUT2D eigenvalue weighted by Gasteiger charge is 2.23. The van der Waals surface area contributed by atoms with Gasteiger partial charge >= 0.3 is 5.97 Å². The van der Waals surface area contributed by atoms with Gasteiger partial charge in [0.05, 0.1) is 13.2 Å². The molecule has 0 atom stereocenters. The molecule has 0 aliphatic carbocycles. The van der Waals surface area contributed by atoms with Crippen molar-refractivity contribution in [1.82, 2.24) is 19.7 Å². The van der Waals surface area contributed by atoms with E-state index in [4.69, 9.17) is 9.47 Å². The Hall–Kier alpha value is -1.83. The Bertz CT molecular complexity index is 841. The molecule has 2 rings (SSSR count). The Kier molecular flexibility index (Phi) is 13.2. The maximum Gasteiger partial charge on any atom is 0.359 e. The van der Waals surface area contributed by atoms with Gasteiger partial charge in [-0.1, -0.05) is 95.7 Å². The molecule has 0 bridgehead atoms. The minimum absolute atomic E-state index is 0.192. The lowest BCUT2D eigenvalue weighted by Gasteiger charge is -2.07. The van der Waals surface area contributed by atoms with Crippen LogP contribution in [-0.2, 0) is 11.8 Å². The number of thioether (sulfide) groups is 1. The summed E-state index contributed by atoms with van der Waals surface area (Å²) in [5.41, 5.74) is 1.18. The third kappa shape index (κ3) is 9.14. The van der Waals surface area contributed by atoms with E-state index in [1.54, 1.807) is 18.7 Å². The predicted molar refractivity (Wildman–Crippen MR) is 135 cm³/mol. The van der Waals surface area contributed by atoms with E-state index in [1.807, 2.05) is 6.26 Å². The summed E-state index contributed by atoms with van der Waals surface area (Å²) in [4.78, 5) is 21.2.